The van der Waals surface area contributed by atoms with Crippen molar-refractivity contribution < 1.29 is 33.2 Å². The molecule has 0 bridgehead atoms. The lowest BCUT2D eigenvalue weighted by Crippen LogP contribution is -2.45. The number of ether oxygens (including phenoxy) is 3. The zero-order chi connectivity index (χ0) is 30.3. The Kier molecular flexibility index (Phi) is 21.0. The molecule has 0 aliphatic carbocycles. The summed E-state index contributed by atoms with van der Waals surface area (Å²) in [4.78, 5) is 37.7. The van der Waals surface area contributed by atoms with Gasteiger partial charge in [-0.2, -0.15) is 4.79 Å². The first-order valence-corrected chi connectivity index (χ1v) is 16.5. The van der Waals surface area contributed by atoms with Crippen LogP contribution in [0.5, 0.6) is 0 Å². The van der Waals surface area contributed by atoms with Crippen molar-refractivity contribution in [3.63, 3.8) is 0 Å². The first-order chi connectivity index (χ1) is 19.8. The molecule has 10 heteroatoms. The van der Waals surface area contributed by atoms with Crippen LogP contribution < -0.4 is 14.8 Å². The van der Waals surface area contributed by atoms with Crippen molar-refractivity contribution >= 4 is 35.2 Å². The standard InChI is InChI=1S/C31H55N3O6S/c1-6-7-8-9-10-11-12-13-14-15-16-17-18-19-20-21-22-32-30(36)39-23-28(38-5)24-40-31(37)34(26(2)35)29-25-41-27(3)33(29)4/h25,28H,6-24H2,1-5H3/p+1. The van der Waals surface area contributed by atoms with Gasteiger partial charge in [-0.3, -0.25) is 0 Å². The first kappa shape index (κ1) is 36.8. The maximum atomic E-state index is 12.6. The summed E-state index contributed by atoms with van der Waals surface area (Å²) in [5.41, 5.74) is 0. The zero-order valence-corrected chi connectivity index (χ0v) is 27.2. The Hall–Kier alpha value is -2.20. The molecule has 1 rings (SSSR count). The molecule has 0 radical (unpaired) electrons. The van der Waals surface area contributed by atoms with Gasteiger partial charge in [-0.05, 0) is 6.42 Å². The quantitative estimate of drug-likeness (QED) is 0.104. The van der Waals surface area contributed by atoms with E-state index in [-0.39, 0.29) is 13.2 Å². The number of nitrogens with one attached hydrogen (secondary N) is 1. The van der Waals surface area contributed by atoms with E-state index in [0.717, 1.165) is 22.7 Å². The summed E-state index contributed by atoms with van der Waals surface area (Å²) in [5, 5.41) is 5.42. The molecule has 3 amide bonds. The molecule has 1 unspecified atom stereocenters. The Balaban J connectivity index is 2.05. The summed E-state index contributed by atoms with van der Waals surface area (Å²) in [6, 6.07) is 0. The van der Waals surface area contributed by atoms with Crippen molar-refractivity contribution in [3.8, 4) is 0 Å². The molecule has 1 aromatic rings. The number of thiazole rings is 1. The summed E-state index contributed by atoms with van der Waals surface area (Å²) < 4.78 is 17.5. The minimum absolute atomic E-state index is 0.0695. The van der Waals surface area contributed by atoms with Crippen molar-refractivity contribution in [2.45, 2.75) is 130 Å². The van der Waals surface area contributed by atoms with Crippen molar-refractivity contribution in [1.29, 1.82) is 0 Å². The Morgan fingerprint density at radius 3 is 1.78 bits per heavy atom. The molecular formula is C31H56N3O6S+. The smallest absolute Gasteiger partial charge is 0.447 e. The fourth-order valence-electron chi connectivity index (χ4n) is 4.54. The predicted octanol–water partition coefficient (Wildman–Crippen LogP) is 7.37. The van der Waals surface area contributed by atoms with Gasteiger partial charge in [0.25, 0.3) is 0 Å². The summed E-state index contributed by atoms with van der Waals surface area (Å²) in [7, 11) is 3.22. The van der Waals surface area contributed by atoms with Crippen LogP contribution >= 0.6 is 11.3 Å². The molecule has 9 nitrogen and oxygen atoms in total. The van der Waals surface area contributed by atoms with E-state index in [2.05, 4.69) is 12.2 Å². The summed E-state index contributed by atoms with van der Waals surface area (Å²) in [5.74, 6) is -0.0224. The topological polar surface area (TPSA) is 98.0 Å². The lowest BCUT2D eigenvalue weighted by molar-refractivity contribution is -0.659. The highest BCUT2D eigenvalue weighted by molar-refractivity contribution is 7.09. The number of carbonyl (C=O) groups excluding carboxylic acids is 3. The van der Waals surface area contributed by atoms with Gasteiger partial charge in [0.2, 0.25) is 0 Å². The highest BCUT2D eigenvalue weighted by Crippen LogP contribution is 2.17. The molecule has 1 aromatic heterocycles. The van der Waals surface area contributed by atoms with Gasteiger partial charge in [0.05, 0.1) is 12.4 Å². The maximum absolute atomic E-state index is 12.6. The summed E-state index contributed by atoms with van der Waals surface area (Å²) >= 11 is 1.43. The van der Waals surface area contributed by atoms with E-state index in [1.165, 1.54) is 115 Å². The molecule has 0 aliphatic rings. The minimum atomic E-state index is -0.805. The van der Waals surface area contributed by atoms with Gasteiger partial charge in [-0.15, -0.1) is 0 Å². The Morgan fingerprint density at radius 1 is 0.854 bits per heavy atom. The molecule has 1 N–H and O–H groups in total. The SMILES string of the molecule is CCCCCCCCCCCCCCCCCCNC(=O)OCC(COC(=O)N(C(C)=O)c1csc(C)[n+]1C)OC. The Bertz CT molecular complexity index is 863. The average Bonchev–Trinajstić information content (AvgIpc) is 3.27. The van der Waals surface area contributed by atoms with Crippen LogP contribution in [-0.4, -0.2) is 51.1 Å². The van der Waals surface area contributed by atoms with Gasteiger partial charge in [0, 0.05) is 27.5 Å². The third kappa shape index (κ3) is 16.7. The van der Waals surface area contributed by atoms with Gasteiger partial charge in [0.15, 0.2) is 5.01 Å². The minimum Gasteiger partial charge on any atom is -0.447 e. The van der Waals surface area contributed by atoms with Crippen LogP contribution in [0.1, 0.15) is 122 Å². The second-order valence-electron chi connectivity index (χ2n) is 10.8. The van der Waals surface area contributed by atoms with Gasteiger partial charge < -0.3 is 19.5 Å². The van der Waals surface area contributed by atoms with Crippen LogP contribution in [0.4, 0.5) is 15.4 Å². The van der Waals surface area contributed by atoms with Gasteiger partial charge in [0.1, 0.15) is 19.3 Å². The van der Waals surface area contributed by atoms with E-state index in [0.29, 0.717) is 12.4 Å². The number of unbranched alkanes of at least 4 members (excludes halogenated alkanes) is 15. The maximum Gasteiger partial charge on any atom is 0.515 e. The van der Waals surface area contributed by atoms with Crippen LogP contribution in [0.15, 0.2) is 5.38 Å². The van der Waals surface area contributed by atoms with E-state index in [9.17, 15) is 14.4 Å². The highest BCUT2D eigenvalue weighted by atomic mass is 32.1. The molecular weight excluding hydrogens is 542 g/mol. The van der Waals surface area contributed by atoms with E-state index >= 15 is 0 Å². The zero-order valence-electron chi connectivity index (χ0n) is 26.3. The van der Waals surface area contributed by atoms with Crippen LogP contribution in [0.3, 0.4) is 0 Å². The number of carbonyl (C=O) groups is 3. The number of alkyl carbamates (subject to hydrolysis) is 1. The number of aromatic nitrogens is 1. The van der Waals surface area contributed by atoms with Crippen molar-refractivity contribution in [1.82, 2.24) is 5.32 Å². The third-order valence-electron chi connectivity index (χ3n) is 7.30. The van der Waals surface area contributed by atoms with Crippen LogP contribution in [0, 0.1) is 6.92 Å². The first-order valence-electron chi connectivity index (χ1n) is 15.7. The average molecular weight is 599 g/mol. The van der Waals surface area contributed by atoms with Crippen LogP contribution in [0.25, 0.3) is 0 Å². The molecule has 1 atom stereocenters. The van der Waals surface area contributed by atoms with E-state index in [4.69, 9.17) is 14.2 Å². The monoisotopic (exact) mass is 598 g/mol. The van der Waals surface area contributed by atoms with Crippen molar-refractivity contribution in [2.75, 3.05) is 31.8 Å². The summed E-state index contributed by atoms with van der Waals surface area (Å²) in [6.45, 7) is 5.80. The Morgan fingerprint density at radius 2 is 1.34 bits per heavy atom. The lowest BCUT2D eigenvalue weighted by Gasteiger charge is -2.17. The number of nitrogens with zero attached hydrogens (tertiary/aromatic N) is 2. The molecule has 0 aromatic carbocycles. The van der Waals surface area contributed by atoms with E-state index < -0.39 is 24.2 Å². The van der Waals surface area contributed by atoms with E-state index in [1.807, 2.05) is 6.92 Å². The third-order valence-corrected chi connectivity index (χ3v) is 8.25. The van der Waals surface area contributed by atoms with E-state index in [1.54, 1.807) is 17.0 Å². The fraction of sp³-hybridized carbons (Fsp3) is 0.806. The molecule has 0 saturated heterocycles. The number of amides is 3. The number of imide groups is 1. The second-order valence-corrected chi connectivity index (χ2v) is 11.9. The number of anilines is 1. The van der Waals surface area contributed by atoms with Gasteiger partial charge in [-0.1, -0.05) is 119 Å². The molecule has 0 saturated carbocycles. The number of hydrogen-bond acceptors (Lipinski definition) is 7. The lowest BCUT2D eigenvalue weighted by atomic mass is 10.0. The number of rotatable bonds is 23. The molecule has 0 fully saturated rings. The highest BCUT2D eigenvalue weighted by Gasteiger charge is 2.35. The predicted molar refractivity (Wildman–Crippen MR) is 164 cm³/mol. The normalized spacial score (nSPS) is 11.7. The molecule has 0 spiro atoms. The molecule has 1 heterocycles. The number of aryl methyl sites for hydroxylation is 1. The van der Waals surface area contributed by atoms with Crippen LogP contribution in [-0.2, 0) is 26.1 Å². The molecule has 41 heavy (non-hydrogen) atoms. The second kappa shape index (κ2) is 23.4. The molecule has 0 aliphatic heterocycles. The molecule has 236 valence electrons. The largest absolute Gasteiger partial charge is 0.515 e. The van der Waals surface area contributed by atoms with Crippen molar-refractivity contribution in [3.05, 3.63) is 10.4 Å². The Labute approximate surface area is 252 Å². The van der Waals surface area contributed by atoms with Gasteiger partial charge in [-0.25, -0.2) is 14.2 Å². The number of hydrogen-bond donors (Lipinski definition) is 1. The van der Waals surface area contributed by atoms with Crippen LogP contribution in [0.2, 0.25) is 0 Å². The van der Waals surface area contributed by atoms with Crippen molar-refractivity contribution in [2.24, 2.45) is 7.05 Å². The van der Waals surface area contributed by atoms with Gasteiger partial charge >= 0.3 is 23.9 Å². The summed E-state index contributed by atoms with van der Waals surface area (Å²) in [6.07, 6.45) is 19.0. The fourth-order valence-corrected chi connectivity index (χ4v) is 5.33. The number of methoxy groups -OCH3 is 1.